The monoisotopic (exact) mass is 325 g/mol. The summed E-state index contributed by atoms with van der Waals surface area (Å²) in [5.74, 6) is -0.234. The lowest BCUT2D eigenvalue weighted by Gasteiger charge is -2.14. The van der Waals surface area contributed by atoms with Crippen molar-refractivity contribution in [3.05, 3.63) is 42.0 Å². The lowest BCUT2D eigenvalue weighted by Crippen LogP contribution is -2.42. The van der Waals surface area contributed by atoms with Crippen molar-refractivity contribution in [3.8, 4) is 0 Å². The van der Waals surface area contributed by atoms with E-state index in [0.29, 0.717) is 5.75 Å². The molecule has 0 radical (unpaired) electrons. The Hall–Kier alpha value is -1.40. The topological polar surface area (TPSA) is 55.4 Å². The fraction of sp³-hybridized carbons (Fsp3) is 0.333. The summed E-state index contributed by atoms with van der Waals surface area (Å²) in [6, 6.07) is 8.88. The molecule has 1 unspecified atom stereocenters. The summed E-state index contributed by atoms with van der Waals surface area (Å²) in [4.78, 5) is 23.5. The second kappa shape index (κ2) is 10.3. The van der Waals surface area contributed by atoms with E-state index in [0.717, 1.165) is 10.6 Å². The molecule has 0 saturated carbocycles. The van der Waals surface area contributed by atoms with E-state index in [1.807, 2.05) is 36.6 Å². The van der Waals surface area contributed by atoms with Gasteiger partial charge in [0.2, 0.25) is 5.91 Å². The molecule has 114 valence electrons. The summed E-state index contributed by atoms with van der Waals surface area (Å²) >= 11 is 3.26. The minimum atomic E-state index is -0.625. The van der Waals surface area contributed by atoms with Gasteiger partial charge < -0.3 is 10.1 Å². The largest absolute Gasteiger partial charge is 0.467 e. The Morgan fingerprint density at radius 3 is 2.67 bits per heavy atom. The number of nitrogens with one attached hydrogen (secondary N) is 1. The van der Waals surface area contributed by atoms with Crippen LogP contribution >= 0.6 is 23.5 Å². The van der Waals surface area contributed by atoms with E-state index in [4.69, 9.17) is 4.74 Å². The molecule has 0 spiro atoms. The zero-order valence-corrected chi connectivity index (χ0v) is 13.7. The highest BCUT2D eigenvalue weighted by Gasteiger charge is 2.20. The van der Waals surface area contributed by atoms with Crippen molar-refractivity contribution in [2.45, 2.75) is 6.04 Å². The van der Waals surface area contributed by atoms with Gasteiger partial charge in [0, 0.05) is 16.9 Å². The Kier molecular flexibility index (Phi) is 8.69. The van der Waals surface area contributed by atoms with Crippen LogP contribution in [0.15, 0.2) is 36.4 Å². The first-order valence-corrected chi connectivity index (χ1v) is 8.90. The normalized spacial score (nSPS) is 12.1. The van der Waals surface area contributed by atoms with Crippen molar-refractivity contribution >= 4 is 41.5 Å². The molecular formula is C15H19NO3S2. The molecule has 1 N–H and O–H groups in total. The van der Waals surface area contributed by atoms with E-state index >= 15 is 0 Å². The van der Waals surface area contributed by atoms with Gasteiger partial charge in [0.15, 0.2) is 0 Å². The van der Waals surface area contributed by atoms with Gasteiger partial charge in [-0.2, -0.15) is 11.8 Å². The molecule has 1 amide bonds. The average Bonchev–Trinajstić information content (AvgIpc) is 2.52. The first-order chi connectivity index (χ1) is 10.2. The zero-order valence-electron chi connectivity index (χ0n) is 12.1. The highest BCUT2D eigenvalue weighted by molar-refractivity contribution is 8.15. The number of methoxy groups -OCH3 is 1. The number of ether oxygens (including phenoxy) is 1. The highest BCUT2D eigenvalue weighted by atomic mass is 32.2. The number of carbonyl (C=O) groups excluding carboxylic acids is 2. The third kappa shape index (κ3) is 7.24. The van der Waals surface area contributed by atoms with Gasteiger partial charge in [-0.1, -0.05) is 30.3 Å². The van der Waals surface area contributed by atoms with E-state index in [2.05, 4.69) is 5.32 Å². The lowest BCUT2D eigenvalue weighted by atomic mass is 10.2. The van der Waals surface area contributed by atoms with Crippen LogP contribution in [0.25, 0.3) is 6.08 Å². The molecule has 0 aliphatic heterocycles. The standard InChI is InChI=1S/C15H19NO3S2/c1-19-15(18)13(10-21-11-20-2)16-14(17)9-8-12-6-4-3-5-7-12/h3-9,13H,10-11H2,1-2H3,(H,16,17)/b9-8-. The van der Waals surface area contributed by atoms with E-state index < -0.39 is 12.0 Å². The summed E-state index contributed by atoms with van der Waals surface area (Å²) in [5.41, 5.74) is 0.930. The van der Waals surface area contributed by atoms with Gasteiger partial charge in [-0.25, -0.2) is 4.79 Å². The number of thioether (sulfide) groups is 2. The number of carbonyl (C=O) groups is 2. The molecule has 1 aromatic rings. The number of hydrogen-bond acceptors (Lipinski definition) is 5. The van der Waals surface area contributed by atoms with Crippen LogP contribution in [-0.4, -0.2) is 42.1 Å². The van der Waals surface area contributed by atoms with Crippen molar-refractivity contribution in [1.29, 1.82) is 0 Å². The van der Waals surface area contributed by atoms with Crippen molar-refractivity contribution in [2.75, 3.05) is 24.2 Å². The van der Waals surface area contributed by atoms with Crippen molar-refractivity contribution in [2.24, 2.45) is 0 Å². The van der Waals surface area contributed by atoms with E-state index in [9.17, 15) is 9.59 Å². The second-order valence-corrected chi connectivity index (χ2v) is 6.37. The molecular weight excluding hydrogens is 306 g/mol. The SMILES string of the molecule is COC(=O)C(CSCSC)NC(=O)/C=C\c1ccccc1. The van der Waals surface area contributed by atoms with Gasteiger partial charge in [-0.05, 0) is 17.9 Å². The Balaban J connectivity index is 2.54. The van der Waals surface area contributed by atoms with E-state index in [1.165, 1.54) is 13.2 Å². The van der Waals surface area contributed by atoms with Crippen molar-refractivity contribution in [3.63, 3.8) is 0 Å². The summed E-state index contributed by atoms with van der Waals surface area (Å²) in [6.07, 6.45) is 5.12. The molecule has 6 heteroatoms. The first kappa shape index (κ1) is 17.7. The molecule has 0 heterocycles. The number of rotatable bonds is 8. The lowest BCUT2D eigenvalue weighted by molar-refractivity contribution is -0.143. The molecule has 0 fully saturated rings. The van der Waals surface area contributed by atoms with Gasteiger partial charge >= 0.3 is 5.97 Å². The molecule has 0 aromatic heterocycles. The molecule has 0 bridgehead atoms. The number of hydrogen-bond donors (Lipinski definition) is 1. The summed E-state index contributed by atoms with van der Waals surface area (Å²) in [5, 5.41) is 3.53. The fourth-order valence-corrected chi connectivity index (χ4v) is 3.02. The molecule has 0 aliphatic carbocycles. The van der Waals surface area contributed by atoms with Crippen LogP contribution in [0, 0.1) is 0 Å². The Morgan fingerprint density at radius 2 is 2.05 bits per heavy atom. The summed E-state index contributed by atoms with van der Waals surface area (Å²) in [6.45, 7) is 0. The molecule has 1 atom stereocenters. The minimum absolute atomic E-state index is 0.306. The maximum atomic E-state index is 11.9. The summed E-state index contributed by atoms with van der Waals surface area (Å²) in [7, 11) is 1.32. The predicted molar refractivity (Wildman–Crippen MR) is 90.3 cm³/mol. The Bertz CT molecular complexity index is 477. The zero-order chi connectivity index (χ0) is 15.5. The van der Waals surface area contributed by atoms with Gasteiger partial charge in [-0.15, -0.1) is 11.8 Å². The van der Waals surface area contributed by atoms with Gasteiger partial charge in [-0.3, -0.25) is 4.79 Å². The molecule has 1 aromatic carbocycles. The minimum Gasteiger partial charge on any atom is -0.467 e. The van der Waals surface area contributed by atoms with Crippen molar-refractivity contribution in [1.82, 2.24) is 5.32 Å². The molecule has 4 nitrogen and oxygen atoms in total. The van der Waals surface area contributed by atoms with Crippen LogP contribution in [0.3, 0.4) is 0 Å². The summed E-state index contributed by atoms with van der Waals surface area (Å²) < 4.78 is 4.71. The second-order valence-electron chi connectivity index (χ2n) is 4.11. The van der Waals surface area contributed by atoms with Crippen LogP contribution in [0.4, 0.5) is 0 Å². The third-order valence-corrected chi connectivity index (χ3v) is 4.69. The quantitative estimate of drug-likeness (QED) is 0.344. The number of esters is 1. The average molecular weight is 325 g/mol. The first-order valence-electron chi connectivity index (χ1n) is 6.35. The predicted octanol–water partition coefficient (Wildman–Crippen LogP) is 2.41. The van der Waals surface area contributed by atoms with Crippen LogP contribution < -0.4 is 5.32 Å². The maximum absolute atomic E-state index is 11.9. The molecule has 21 heavy (non-hydrogen) atoms. The number of benzene rings is 1. The van der Waals surface area contributed by atoms with Crippen LogP contribution in [0.2, 0.25) is 0 Å². The van der Waals surface area contributed by atoms with Gasteiger partial charge in [0.25, 0.3) is 0 Å². The molecule has 0 aliphatic rings. The maximum Gasteiger partial charge on any atom is 0.329 e. The van der Waals surface area contributed by atoms with Crippen LogP contribution in [0.1, 0.15) is 5.56 Å². The van der Waals surface area contributed by atoms with Crippen LogP contribution in [-0.2, 0) is 14.3 Å². The highest BCUT2D eigenvalue weighted by Crippen LogP contribution is 2.10. The van der Waals surface area contributed by atoms with Crippen molar-refractivity contribution < 1.29 is 14.3 Å². The fourth-order valence-electron chi connectivity index (χ4n) is 1.52. The van der Waals surface area contributed by atoms with Gasteiger partial charge in [0.1, 0.15) is 6.04 Å². The van der Waals surface area contributed by atoms with E-state index in [-0.39, 0.29) is 5.91 Å². The molecule has 1 rings (SSSR count). The smallest absolute Gasteiger partial charge is 0.329 e. The number of amides is 1. The Morgan fingerprint density at radius 1 is 1.33 bits per heavy atom. The Labute approximate surface area is 133 Å². The van der Waals surface area contributed by atoms with Crippen LogP contribution in [0.5, 0.6) is 0 Å². The molecule has 0 saturated heterocycles. The van der Waals surface area contributed by atoms with Gasteiger partial charge in [0.05, 0.1) is 7.11 Å². The van der Waals surface area contributed by atoms with E-state index in [1.54, 1.807) is 29.6 Å². The third-order valence-electron chi connectivity index (χ3n) is 2.51.